The summed E-state index contributed by atoms with van der Waals surface area (Å²) in [6, 6.07) is 5.12. The van der Waals surface area contributed by atoms with E-state index in [1.807, 2.05) is 0 Å². The van der Waals surface area contributed by atoms with Crippen LogP contribution in [-0.2, 0) is 6.54 Å². The maximum absolute atomic E-state index is 13.6. The molecule has 0 saturated heterocycles. The van der Waals surface area contributed by atoms with Crippen molar-refractivity contribution in [1.29, 1.82) is 0 Å². The number of benzene rings is 1. The van der Waals surface area contributed by atoms with Gasteiger partial charge in [-0.15, -0.1) is 11.3 Å². The Morgan fingerprint density at radius 2 is 2.05 bits per heavy atom. The Kier molecular flexibility index (Phi) is 4.25. The standard InChI is InChI=1S/C13H11ClF2N2OS/c1-18(6-7-2-3-12(14)20-7)13(19)8-4-11(17)10(16)5-9(8)15/h2-5H,6,17H2,1H3. The molecule has 7 heteroatoms. The van der Waals surface area contributed by atoms with Crippen molar-refractivity contribution in [2.24, 2.45) is 0 Å². The number of rotatable bonds is 3. The molecule has 1 aromatic heterocycles. The van der Waals surface area contributed by atoms with Crippen LogP contribution in [0.3, 0.4) is 0 Å². The summed E-state index contributed by atoms with van der Waals surface area (Å²) in [7, 11) is 1.52. The summed E-state index contributed by atoms with van der Waals surface area (Å²) in [6.07, 6.45) is 0. The van der Waals surface area contributed by atoms with E-state index in [-0.39, 0.29) is 17.8 Å². The van der Waals surface area contributed by atoms with Gasteiger partial charge >= 0.3 is 0 Å². The first-order valence-corrected chi connectivity index (χ1v) is 6.82. The Morgan fingerprint density at radius 1 is 1.35 bits per heavy atom. The lowest BCUT2D eigenvalue weighted by molar-refractivity contribution is 0.0782. The second-order valence-corrected chi connectivity index (χ2v) is 6.02. The molecule has 0 unspecified atom stereocenters. The van der Waals surface area contributed by atoms with Gasteiger partial charge in [-0.1, -0.05) is 11.6 Å². The normalized spacial score (nSPS) is 10.6. The molecule has 0 radical (unpaired) electrons. The van der Waals surface area contributed by atoms with Crippen LogP contribution < -0.4 is 5.73 Å². The number of hydrogen-bond donors (Lipinski definition) is 1. The van der Waals surface area contributed by atoms with Gasteiger partial charge in [0.05, 0.1) is 22.1 Å². The fourth-order valence-electron chi connectivity index (χ4n) is 1.68. The van der Waals surface area contributed by atoms with Crippen LogP contribution in [0.25, 0.3) is 0 Å². The van der Waals surface area contributed by atoms with Crippen LogP contribution >= 0.6 is 22.9 Å². The summed E-state index contributed by atoms with van der Waals surface area (Å²) in [4.78, 5) is 14.3. The quantitative estimate of drug-likeness (QED) is 0.880. The molecular formula is C13H11ClF2N2OS. The lowest BCUT2D eigenvalue weighted by Crippen LogP contribution is -2.27. The molecule has 20 heavy (non-hydrogen) atoms. The number of amides is 1. The Labute approximate surface area is 123 Å². The maximum Gasteiger partial charge on any atom is 0.256 e. The van der Waals surface area contributed by atoms with Crippen LogP contribution in [0.4, 0.5) is 14.5 Å². The molecule has 2 rings (SSSR count). The summed E-state index contributed by atoms with van der Waals surface area (Å²) in [6.45, 7) is 0.285. The average Bonchev–Trinajstić information content (AvgIpc) is 2.78. The van der Waals surface area contributed by atoms with Gasteiger partial charge in [-0.25, -0.2) is 8.78 Å². The van der Waals surface area contributed by atoms with Crippen molar-refractivity contribution < 1.29 is 13.6 Å². The molecule has 1 amide bonds. The van der Waals surface area contributed by atoms with E-state index in [1.165, 1.54) is 23.3 Å². The van der Waals surface area contributed by atoms with Crippen LogP contribution in [0.1, 0.15) is 15.2 Å². The fraction of sp³-hybridized carbons (Fsp3) is 0.154. The van der Waals surface area contributed by atoms with Crippen LogP contribution in [0.5, 0.6) is 0 Å². The zero-order valence-corrected chi connectivity index (χ0v) is 12.1. The molecule has 0 aliphatic carbocycles. The summed E-state index contributed by atoms with van der Waals surface area (Å²) in [5.74, 6) is -2.39. The number of thiophene rings is 1. The predicted octanol–water partition coefficient (Wildman–Crippen LogP) is 3.53. The molecule has 0 atom stereocenters. The fourth-order valence-corrected chi connectivity index (χ4v) is 2.82. The molecule has 0 aliphatic rings. The van der Waals surface area contributed by atoms with E-state index in [0.717, 1.165) is 10.9 Å². The molecule has 0 fully saturated rings. The highest BCUT2D eigenvalue weighted by Gasteiger charge is 2.19. The Balaban J connectivity index is 2.20. The van der Waals surface area contributed by atoms with Gasteiger partial charge in [0.2, 0.25) is 0 Å². The van der Waals surface area contributed by atoms with Gasteiger partial charge in [-0.05, 0) is 18.2 Å². The molecule has 0 bridgehead atoms. The zero-order valence-electron chi connectivity index (χ0n) is 10.5. The second-order valence-electron chi connectivity index (χ2n) is 4.22. The lowest BCUT2D eigenvalue weighted by Gasteiger charge is -2.17. The number of anilines is 1. The molecule has 0 spiro atoms. The van der Waals surface area contributed by atoms with Crippen molar-refractivity contribution in [3.8, 4) is 0 Å². The van der Waals surface area contributed by atoms with E-state index in [0.29, 0.717) is 10.4 Å². The van der Waals surface area contributed by atoms with Crippen molar-refractivity contribution in [3.63, 3.8) is 0 Å². The van der Waals surface area contributed by atoms with Crippen LogP contribution in [0, 0.1) is 11.6 Å². The third kappa shape index (κ3) is 3.08. The van der Waals surface area contributed by atoms with Crippen molar-refractivity contribution in [2.75, 3.05) is 12.8 Å². The molecule has 0 aliphatic heterocycles. The van der Waals surface area contributed by atoms with Crippen molar-refractivity contribution >= 4 is 34.5 Å². The Hall–Kier alpha value is -1.66. The molecule has 2 aromatic rings. The molecule has 3 nitrogen and oxygen atoms in total. The number of nitrogen functional groups attached to an aromatic ring is 1. The highest BCUT2D eigenvalue weighted by atomic mass is 35.5. The first-order chi connectivity index (χ1) is 9.38. The largest absolute Gasteiger partial charge is 0.396 e. The van der Waals surface area contributed by atoms with E-state index >= 15 is 0 Å². The van der Waals surface area contributed by atoms with E-state index in [2.05, 4.69) is 0 Å². The van der Waals surface area contributed by atoms with E-state index in [9.17, 15) is 13.6 Å². The smallest absolute Gasteiger partial charge is 0.256 e. The van der Waals surface area contributed by atoms with E-state index in [4.69, 9.17) is 17.3 Å². The van der Waals surface area contributed by atoms with Gasteiger partial charge in [-0.2, -0.15) is 0 Å². The highest BCUT2D eigenvalue weighted by molar-refractivity contribution is 7.16. The maximum atomic E-state index is 13.6. The summed E-state index contributed by atoms with van der Waals surface area (Å²) < 4.78 is 27.3. The number of hydrogen-bond acceptors (Lipinski definition) is 3. The van der Waals surface area contributed by atoms with Gasteiger partial charge in [0.1, 0.15) is 11.6 Å². The van der Waals surface area contributed by atoms with Gasteiger partial charge in [0.15, 0.2) is 0 Å². The van der Waals surface area contributed by atoms with Crippen LogP contribution in [0.15, 0.2) is 24.3 Å². The minimum absolute atomic E-state index is 0.256. The predicted molar refractivity (Wildman–Crippen MR) is 75.9 cm³/mol. The number of nitrogens with zero attached hydrogens (tertiary/aromatic N) is 1. The molecule has 106 valence electrons. The molecule has 2 N–H and O–H groups in total. The van der Waals surface area contributed by atoms with Gasteiger partial charge in [0, 0.05) is 18.0 Å². The van der Waals surface area contributed by atoms with E-state index in [1.54, 1.807) is 12.1 Å². The third-order valence-electron chi connectivity index (χ3n) is 2.69. The molecule has 1 aromatic carbocycles. The Bertz CT molecular complexity index is 660. The van der Waals surface area contributed by atoms with Crippen molar-refractivity contribution in [3.05, 3.63) is 50.7 Å². The highest BCUT2D eigenvalue weighted by Crippen LogP contribution is 2.24. The first kappa shape index (κ1) is 14.7. The second kappa shape index (κ2) is 5.76. The minimum atomic E-state index is -0.933. The average molecular weight is 317 g/mol. The molecular weight excluding hydrogens is 306 g/mol. The summed E-state index contributed by atoms with van der Waals surface area (Å²) >= 11 is 7.13. The van der Waals surface area contributed by atoms with E-state index < -0.39 is 17.5 Å². The van der Waals surface area contributed by atoms with Gasteiger partial charge in [0.25, 0.3) is 5.91 Å². The van der Waals surface area contributed by atoms with Crippen LogP contribution in [0.2, 0.25) is 4.34 Å². The Morgan fingerprint density at radius 3 is 2.65 bits per heavy atom. The first-order valence-electron chi connectivity index (χ1n) is 5.62. The lowest BCUT2D eigenvalue weighted by atomic mass is 10.1. The molecule has 1 heterocycles. The van der Waals surface area contributed by atoms with Crippen LogP contribution in [-0.4, -0.2) is 17.9 Å². The minimum Gasteiger partial charge on any atom is -0.396 e. The monoisotopic (exact) mass is 316 g/mol. The number of carbonyl (C=O) groups is 1. The number of nitrogens with two attached hydrogens (primary N) is 1. The topological polar surface area (TPSA) is 46.3 Å². The number of carbonyl (C=O) groups excluding carboxylic acids is 1. The SMILES string of the molecule is CN(Cc1ccc(Cl)s1)C(=O)c1cc(N)c(F)cc1F. The third-order valence-corrected chi connectivity index (χ3v) is 3.90. The summed E-state index contributed by atoms with van der Waals surface area (Å²) in [5.41, 5.74) is 4.84. The number of halogens is 3. The van der Waals surface area contributed by atoms with Gasteiger partial charge < -0.3 is 10.6 Å². The zero-order chi connectivity index (χ0) is 14.9. The summed E-state index contributed by atoms with van der Waals surface area (Å²) in [5, 5.41) is 0. The van der Waals surface area contributed by atoms with Gasteiger partial charge in [-0.3, -0.25) is 4.79 Å². The van der Waals surface area contributed by atoms with Crippen molar-refractivity contribution in [2.45, 2.75) is 6.54 Å². The van der Waals surface area contributed by atoms with Crippen molar-refractivity contribution in [1.82, 2.24) is 4.90 Å². The molecule has 0 saturated carbocycles.